The van der Waals surface area contributed by atoms with Crippen LogP contribution < -0.4 is 4.90 Å². The van der Waals surface area contributed by atoms with Crippen LogP contribution in [-0.2, 0) is 4.43 Å². The molecule has 0 atom stereocenters. The lowest BCUT2D eigenvalue weighted by atomic mass is 10.2. The number of nitrogens with zero attached hydrogens (tertiary/aromatic N) is 1. The summed E-state index contributed by atoms with van der Waals surface area (Å²) < 4.78 is 6.19. The van der Waals surface area contributed by atoms with E-state index in [2.05, 4.69) is 76.1 Å². The molecule has 2 nitrogen and oxygen atoms in total. The first kappa shape index (κ1) is 16.3. The van der Waals surface area contributed by atoms with E-state index in [0.29, 0.717) is 5.04 Å². The summed E-state index contributed by atoms with van der Waals surface area (Å²) in [6.45, 7) is 13.4. The standard InChI is InChI=1S/C16H29NOSi/c1-16(2,3)19(5,6)18-14-10-13-17(4)15-11-8-7-9-12-15/h7-9,11-12H,10,13-14H2,1-6H3. The van der Waals surface area contributed by atoms with E-state index in [1.807, 2.05) is 0 Å². The Morgan fingerprint density at radius 2 is 1.68 bits per heavy atom. The Hall–Kier alpha value is -0.803. The van der Waals surface area contributed by atoms with Gasteiger partial charge in [-0.2, -0.15) is 0 Å². The first-order valence-corrected chi connectivity index (χ1v) is 10.0. The fourth-order valence-corrected chi connectivity index (χ4v) is 2.74. The van der Waals surface area contributed by atoms with E-state index < -0.39 is 8.32 Å². The number of para-hydroxylation sites is 1. The Bertz CT molecular complexity index is 370. The molecule has 0 aliphatic rings. The molecule has 1 rings (SSSR count). The monoisotopic (exact) mass is 279 g/mol. The van der Waals surface area contributed by atoms with Crippen molar-refractivity contribution in [3.8, 4) is 0 Å². The van der Waals surface area contributed by atoms with E-state index in [1.165, 1.54) is 5.69 Å². The van der Waals surface area contributed by atoms with Crippen LogP contribution >= 0.6 is 0 Å². The number of benzene rings is 1. The normalized spacial score (nSPS) is 12.5. The summed E-state index contributed by atoms with van der Waals surface area (Å²) in [6, 6.07) is 10.5. The molecule has 0 amide bonds. The van der Waals surface area contributed by atoms with Gasteiger partial charge in [0.05, 0.1) is 0 Å². The lowest BCUT2D eigenvalue weighted by Gasteiger charge is -2.36. The smallest absolute Gasteiger partial charge is 0.191 e. The molecule has 0 spiro atoms. The van der Waals surface area contributed by atoms with Gasteiger partial charge in [-0.1, -0.05) is 39.0 Å². The molecule has 0 aromatic heterocycles. The van der Waals surface area contributed by atoms with Crippen LogP contribution in [0.25, 0.3) is 0 Å². The van der Waals surface area contributed by atoms with Gasteiger partial charge in [0.25, 0.3) is 0 Å². The minimum Gasteiger partial charge on any atom is -0.417 e. The third-order valence-electron chi connectivity index (χ3n) is 4.10. The van der Waals surface area contributed by atoms with E-state index in [4.69, 9.17) is 4.43 Å². The molecule has 1 aromatic rings. The number of rotatable bonds is 6. The van der Waals surface area contributed by atoms with Crippen molar-refractivity contribution in [2.24, 2.45) is 0 Å². The van der Waals surface area contributed by atoms with Gasteiger partial charge in [0, 0.05) is 25.9 Å². The Balaban J connectivity index is 2.32. The zero-order valence-electron chi connectivity index (χ0n) is 13.4. The van der Waals surface area contributed by atoms with Gasteiger partial charge in [-0.3, -0.25) is 0 Å². The van der Waals surface area contributed by atoms with Crippen molar-refractivity contribution in [3.63, 3.8) is 0 Å². The molecule has 3 heteroatoms. The molecule has 0 saturated heterocycles. The van der Waals surface area contributed by atoms with E-state index in [1.54, 1.807) is 0 Å². The predicted molar refractivity (Wildman–Crippen MR) is 87.5 cm³/mol. The van der Waals surface area contributed by atoms with Crippen molar-refractivity contribution in [2.45, 2.75) is 45.3 Å². The molecular weight excluding hydrogens is 250 g/mol. The highest BCUT2D eigenvalue weighted by Gasteiger charge is 2.36. The average molecular weight is 280 g/mol. The van der Waals surface area contributed by atoms with Crippen molar-refractivity contribution in [1.29, 1.82) is 0 Å². The first-order chi connectivity index (χ1) is 8.74. The van der Waals surface area contributed by atoms with Crippen LogP contribution in [0.3, 0.4) is 0 Å². The van der Waals surface area contributed by atoms with Crippen LogP contribution in [-0.4, -0.2) is 28.5 Å². The van der Waals surface area contributed by atoms with E-state index >= 15 is 0 Å². The summed E-state index contributed by atoms with van der Waals surface area (Å²) in [4.78, 5) is 2.29. The molecule has 0 fully saturated rings. The largest absolute Gasteiger partial charge is 0.417 e. The Labute approximate surface area is 119 Å². The fraction of sp³-hybridized carbons (Fsp3) is 0.625. The molecular formula is C16H29NOSi. The van der Waals surface area contributed by atoms with Crippen LogP contribution in [0.5, 0.6) is 0 Å². The van der Waals surface area contributed by atoms with Crippen LogP contribution in [0.1, 0.15) is 27.2 Å². The lowest BCUT2D eigenvalue weighted by Crippen LogP contribution is -2.41. The minimum absolute atomic E-state index is 0.304. The third kappa shape index (κ3) is 5.00. The van der Waals surface area contributed by atoms with Gasteiger partial charge in [-0.25, -0.2) is 0 Å². The van der Waals surface area contributed by atoms with Gasteiger partial charge in [0.15, 0.2) is 8.32 Å². The zero-order valence-corrected chi connectivity index (χ0v) is 14.4. The molecule has 19 heavy (non-hydrogen) atoms. The fourth-order valence-electron chi connectivity index (χ4n) is 1.66. The van der Waals surface area contributed by atoms with Crippen molar-refractivity contribution < 1.29 is 4.43 Å². The molecule has 0 saturated carbocycles. The van der Waals surface area contributed by atoms with Gasteiger partial charge in [0.2, 0.25) is 0 Å². The highest BCUT2D eigenvalue weighted by Crippen LogP contribution is 2.36. The van der Waals surface area contributed by atoms with Gasteiger partial charge >= 0.3 is 0 Å². The second-order valence-corrected chi connectivity index (χ2v) is 11.5. The first-order valence-electron chi connectivity index (χ1n) is 7.14. The summed E-state index contributed by atoms with van der Waals surface area (Å²) in [5, 5.41) is 0.304. The Kier molecular flexibility index (Phi) is 5.62. The minimum atomic E-state index is -1.57. The van der Waals surface area contributed by atoms with Crippen molar-refractivity contribution in [3.05, 3.63) is 30.3 Å². The number of hydrogen-bond acceptors (Lipinski definition) is 2. The van der Waals surface area contributed by atoms with Gasteiger partial charge in [-0.05, 0) is 36.7 Å². The summed E-state index contributed by atoms with van der Waals surface area (Å²) in [7, 11) is 0.566. The van der Waals surface area contributed by atoms with Gasteiger partial charge in [0.1, 0.15) is 0 Å². The zero-order chi connectivity index (χ0) is 14.5. The van der Waals surface area contributed by atoms with Crippen LogP contribution in [0.2, 0.25) is 18.1 Å². The Morgan fingerprint density at radius 3 is 2.21 bits per heavy atom. The second-order valence-electron chi connectivity index (χ2n) is 6.72. The van der Waals surface area contributed by atoms with E-state index in [9.17, 15) is 0 Å². The maximum atomic E-state index is 6.19. The van der Waals surface area contributed by atoms with Crippen molar-refractivity contribution >= 4 is 14.0 Å². The van der Waals surface area contributed by atoms with Crippen molar-refractivity contribution in [1.82, 2.24) is 0 Å². The molecule has 108 valence electrons. The van der Waals surface area contributed by atoms with E-state index in [-0.39, 0.29) is 0 Å². The molecule has 0 radical (unpaired) electrons. The van der Waals surface area contributed by atoms with E-state index in [0.717, 1.165) is 19.6 Å². The molecule has 0 aliphatic carbocycles. The lowest BCUT2D eigenvalue weighted by molar-refractivity contribution is 0.284. The molecule has 0 aliphatic heterocycles. The topological polar surface area (TPSA) is 12.5 Å². The average Bonchev–Trinajstić information content (AvgIpc) is 2.34. The van der Waals surface area contributed by atoms with Crippen LogP contribution in [0, 0.1) is 0 Å². The molecule has 0 unspecified atom stereocenters. The summed E-state index contributed by atoms with van der Waals surface area (Å²) >= 11 is 0. The number of hydrogen-bond donors (Lipinski definition) is 0. The molecule has 0 N–H and O–H groups in total. The van der Waals surface area contributed by atoms with Crippen molar-refractivity contribution in [2.75, 3.05) is 25.1 Å². The van der Waals surface area contributed by atoms with Gasteiger partial charge < -0.3 is 9.33 Å². The molecule has 0 bridgehead atoms. The third-order valence-corrected chi connectivity index (χ3v) is 8.64. The van der Waals surface area contributed by atoms with Crippen LogP contribution in [0.15, 0.2) is 30.3 Å². The second kappa shape index (κ2) is 6.57. The maximum absolute atomic E-state index is 6.19. The summed E-state index contributed by atoms with van der Waals surface area (Å²) in [5.41, 5.74) is 1.27. The summed E-state index contributed by atoms with van der Waals surface area (Å²) in [6.07, 6.45) is 1.08. The van der Waals surface area contributed by atoms with Gasteiger partial charge in [-0.15, -0.1) is 0 Å². The SMILES string of the molecule is CN(CCCO[Si](C)(C)C(C)(C)C)c1ccccc1. The highest BCUT2D eigenvalue weighted by molar-refractivity contribution is 6.74. The molecule has 1 aromatic carbocycles. The maximum Gasteiger partial charge on any atom is 0.191 e. The quantitative estimate of drug-likeness (QED) is 0.560. The number of anilines is 1. The summed E-state index contributed by atoms with van der Waals surface area (Å²) in [5.74, 6) is 0. The van der Waals surface area contributed by atoms with Crippen LogP contribution in [0.4, 0.5) is 5.69 Å². The molecule has 0 heterocycles. The highest BCUT2D eigenvalue weighted by atomic mass is 28.4. The Morgan fingerprint density at radius 1 is 1.11 bits per heavy atom. The predicted octanol–water partition coefficient (Wildman–Crippen LogP) is 4.53.